The largest absolute Gasteiger partial charge is 0.493 e. The Hall–Kier alpha value is -2.61. The minimum atomic E-state index is -1.09. The molecule has 7 nitrogen and oxygen atoms in total. The molecule has 1 atom stereocenters. The van der Waals surface area contributed by atoms with Crippen molar-refractivity contribution in [3.63, 3.8) is 0 Å². The van der Waals surface area contributed by atoms with Crippen molar-refractivity contribution >= 4 is 58.4 Å². The van der Waals surface area contributed by atoms with E-state index in [0.29, 0.717) is 22.8 Å². The van der Waals surface area contributed by atoms with Crippen LogP contribution >= 0.6 is 34.8 Å². The third kappa shape index (κ3) is 6.43. The summed E-state index contributed by atoms with van der Waals surface area (Å²) in [5, 5.41) is 3.21. The Morgan fingerprint density at radius 3 is 2.03 bits per heavy atom. The summed E-state index contributed by atoms with van der Waals surface area (Å²) in [4.78, 5) is 24.5. The first-order valence-electron chi connectivity index (χ1n) is 8.84. The van der Waals surface area contributed by atoms with Gasteiger partial charge in [-0.1, -0.05) is 34.8 Å². The molecule has 2 aromatic carbocycles. The molecule has 31 heavy (non-hydrogen) atoms. The Morgan fingerprint density at radius 2 is 1.48 bits per heavy atom. The van der Waals surface area contributed by atoms with E-state index in [1.54, 1.807) is 12.1 Å². The van der Waals surface area contributed by atoms with Crippen LogP contribution in [-0.2, 0) is 14.3 Å². The molecule has 0 unspecified atom stereocenters. The average Bonchev–Trinajstić information content (AvgIpc) is 2.74. The Balaban J connectivity index is 2.06. The highest BCUT2D eigenvalue weighted by atomic mass is 35.5. The van der Waals surface area contributed by atoms with Crippen LogP contribution in [0.2, 0.25) is 15.1 Å². The zero-order valence-electron chi connectivity index (χ0n) is 17.1. The molecule has 0 aliphatic carbocycles. The van der Waals surface area contributed by atoms with Crippen LogP contribution in [0.1, 0.15) is 12.5 Å². The van der Waals surface area contributed by atoms with Crippen molar-refractivity contribution in [1.29, 1.82) is 0 Å². The molecule has 10 heteroatoms. The maximum atomic E-state index is 12.3. The second-order valence-corrected chi connectivity index (χ2v) is 7.33. The summed E-state index contributed by atoms with van der Waals surface area (Å²) in [6.45, 7) is 1.42. The summed E-state index contributed by atoms with van der Waals surface area (Å²) < 4.78 is 20.9. The molecule has 2 aromatic rings. The lowest BCUT2D eigenvalue weighted by atomic mass is 10.1. The van der Waals surface area contributed by atoms with Crippen LogP contribution in [0.4, 0.5) is 5.69 Å². The summed E-state index contributed by atoms with van der Waals surface area (Å²) >= 11 is 17.8. The van der Waals surface area contributed by atoms with Gasteiger partial charge in [-0.2, -0.15) is 0 Å². The Labute approximate surface area is 194 Å². The Bertz CT molecular complexity index is 984. The van der Waals surface area contributed by atoms with Crippen molar-refractivity contribution in [2.45, 2.75) is 13.0 Å². The van der Waals surface area contributed by atoms with Crippen LogP contribution in [0.5, 0.6) is 17.2 Å². The van der Waals surface area contributed by atoms with E-state index in [9.17, 15) is 9.59 Å². The van der Waals surface area contributed by atoms with Gasteiger partial charge >= 0.3 is 5.97 Å². The smallest absolute Gasteiger partial charge is 0.331 e. The molecular formula is C21H20Cl3NO6. The van der Waals surface area contributed by atoms with Crippen LogP contribution in [-0.4, -0.2) is 39.3 Å². The van der Waals surface area contributed by atoms with E-state index in [1.165, 1.54) is 52.5 Å². The number of hydrogen-bond acceptors (Lipinski definition) is 6. The molecule has 0 heterocycles. The van der Waals surface area contributed by atoms with Gasteiger partial charge in [-0.25, -0.2) is 4.79 Å². The number of esters is 1. The van der Waals surface area contributed by atoms with Crippen LogP contribution in [0.15, 0.2) is 30.3 Å². The topological polar surface area (TPSA) is 83.1 Å². The zero-order chi connectivity index (χ0) is 23.1. The molecule has 1 amide bonds. The van der Waals surface area contributed by atoms with Crippen molar-refractivity contribution in [1.82, 2.24) is 0 Å². The number of benzene rings is 2. The summed E-state index contributed by atoms with van der Waals surface area (Å²) in [6.07, 6.45) is 1.58. The van der Waals surface area contributed by atoms with Crippen molar-refractivity contribution < 1.29 is 28.5 Å². The molecule has 1 N–H and O–H groups in total. The summed E-state index contributed by atoms with van der Waals surface area (Å²) in [5.74, 6) is -0.0234. The zero-order valence-corrected chi connectivity index (χ0v) is 19.4. The lowest BCUT2D eigenvalue weighted by molar-refractivity contribution is -0.148. The third-order valence-electron chi connectivity index (χ3n) is 4.03. The fourth-order valence-corrected chi connectivity index (χ4v) is 3.08. The lowest BCUT2D eigenvalue weighted by Gasteiger charge is -2.14. The fraction of sp³-hybridized carbons (Fsp3) is 0.238. The molecule has 2 rings (SSSR count). The average molecular weight is 489 g/mol. The highest BCUT2D eigenvalue weighted by Crippen LogP contribution is 2.38. The lowest BCUT2D eigenvalue weighted by Crippen LogP contribution is -2.29. The van der Waals surface area contributed by atoms with Gasteiger partial charge in [0.05, 0.1) is 42.1 Å². The predicted molar refractivity (Wildman–Crippen MR) is 121 cm³/mol. The van der Waals surface area contributed by atoms with Crippen molar-refractivity contribution in [3.8, 4) is 17.2 Å². The molecular weight excluding hydrogens is 469 g/mol. The molecule has 0 radical (unpaired) electrons. The second kappa shape index (κ2) is 11.1. The fourth-order valence-electron chi connectivity index (χ4n) is 2.48. The first-order chi connectivity index (χ1) is 14.7. The quantitative estimate of drug-likeness (QED) is 0.310. The standard InChI is InChI=1S/C21H20Cl3NO6/c1-11(21(27)25-16-10-14(23)13(22)9-15(16)24)31-19(26)6-5-12-7-17(28-2)20(30-4)18(8-12)29-3/h5-11H,1-4H3,(H,25,27)/b6-5+/t11-/m1/s1. The molecule has 166 valence electrons. The number of hydrogen-bond donors (Lipinski definition) is 1. The molecule has 0 bridgehead atoms. The number of nitrogens with one attached hydrogen (secondary N) is 1. The molecule has 0 saturated carbocycles. The number of anilines is 1. The highest BCUT2D eigenvalue weighted by Gasteiger charge is 2.19. The van der Waals surface area contributed by atoms with E-state index in [1.807, 2.05) is 0 Å². The molecule has 0 aliphatic heterocycles. The molecule has 0 spiro atoms. The van der Waals surface area contributed by atoms with Gasteiger partial charge in [0.25, 0.3) is 5.91 Å². The summed E-state index contributed by atoms with van der Waals surface area (Å²) in [7, 11) is 4.46. The maximum absolute atomic E-state index is 12.3. The van der Waals surface area contributed by atoms with E-state index >= 15 is 0 Å². The number of carbonyl (C=O) groups excluding carboxylic acids is 2. The van der Waals surface area contributed by atoms with Gasteiger partial charge in [0.2, 0.25) is 5.75 Å². The summed E-state index contributed by atoms with van der Waals surface area (Å²) in [6, 6.07) is 6.13. The van der Waals surface area contributed by atoms with Crippen LogP contribution in [0, 0.1) is 0 Å². The monoisotopic (exact) mass is 487 g/mol. The van der Waals surface area contributed by atoms with E-state index in [2.05, 4.69) is 5.32 Å². The minimum Gasteiger partial charge on any atom is -0.493 e. The third-order valence-corrected chi connectivity index (χ3v) is 5.06. The normalized spacial score (nSPS) is 11.7. The van der Waals surface area contributed by atoms with Gasteiger partial charge in [0, 0.05) is 6.08 Å². The van der Waals surface area contributed by atoms with Crippen LogP contribution < -0.4 is 19.5 Å². The number of amides is 1. The maximum Gasteiger partial charge on any atom is 0.331 e. The number of ether oxygens (including phenoxy) is 4. The van der Waals surface area contributed by atoms with Crippen molar-refractivity contribution in [3.05, 3.63) is 51.0 Å². The summed E-state index contributed by atoms with van der Waals surface area (Å²) in [5.41, 5.74) is 0.850. The van der Waals surface area contributed by atoms with Gasteiger partial charge < -0.3 is 24.3 Å². The van der Waals surface area contributed by atoms with E-state index in [-0.39, 0.29) is 20.8 Å². The van der Waals surface area contributed by atoms with Crippen LogP contribution in [0.3, 0.4) is 0 Å². The first kappa shape index (κ1) is 24.7. The molecule has 0 aliphatic rings. The predicted octanol–water partition coefficient (Wildman–Crippen LogP) is 5.26. The number of rotatable bonds is 8. The van der Waals surface area contributed by atoms with E-state index in [4.69, 9.17) is 53.8 Å². The first-order valence-corrected chi connectivity index (χ1v) is 9.97. The van der Waals surface area contributed by atoms with Gasteiger partial charge in [0.15, 0.2) is 17.6 Å². The number of methoxy groups -OCH3 is 3. The van der Waals surface area contributed by atoms with Crippen molar-refractivity contribution in [2.75, 3.05) is 26.6 Å². The second-order valence-electron chi connectivity index (χ2n) is 6.11. The van der Waals surface area contributed by atoms with Gasteiger partial charge in [0.1, 0.15) is 0 Å². The SMILES string of the molecule is COc1cc(/C=C/C(=O)O[C@H](C)C(=O)Nc2cc(Cl)c(Cl)cc2Cl)cc(OC)c1OC. The van der Waals surface area contributed by atoms with Gasteiger partial charge in [-0.3, -0.25) is 4.79 Å². The van der Waals surface area contributed by atoms with E-state index in [0.717, 1.165) is 0 Å². The Morgan fingerprint density at radius 1 is 0.903 bits per heavy atom. The van der Waals surface area contributed by atoms with E-state index < -0.39 is 18.0 Å². The van der Waals surface area contributed by atoms with Gasteiger partial charge in [-0.05, 0) is 42.8 Å². The highest BCUT2D eigenvalue weighted by molar-refractivity contribution is 6.44. The molecule has 0 aromatic heterocycles. The Kier molecular flexibility index (Phi) is 8.86. The number of carbonyl (C=O) groups is 2. The van der Waals surface area contributed by atoms with Gasteiger partial charge in [-0.15, -0.1) is 0 Å². The minimum absolute atomic E-state index is 0.198. The molecule has 0 saturated heterocycles. The number of halogens is 3. The van der Waals surface area contributed by atoms with Crippen molar-refractivity contribution in [2.24, 2.45) is 0 Å². The molecule has 0 fully saturated rings. The van der Waals surface area contributed by atoms with Crippen LogP contribution in [0.25, 0.3) is 6.08 Å².